The highest BCUT2D eigenvalue weighted by Crippen LogP contribution is 2.32. The highest BCUT2D eigenvalue weighted by molar-refractivity contribution is 6.19. The first-order valence-corrected chi connectivity index (χ1v) is 12.7. The minimum Gasteiger partial charge on any atom is -0.494 e. The lowest BCUT2D eigenvalue weighted by atomic mass is 9.93. The molecule has 4 aromatic rings. The first-order valence-electron chi connectivity index (χ1n) is 12.7. The third-order valence-corrected chi connectivity index (χ3v) is 6.58. The minimum absolute atomic E-state index is 0.0945. The highest BCUT2D eigenvalue weighted by Gasteiger charge is 2.35. The molecule has 0 saturated heterocycles. The van der Waals surface area contributed by atoms with Crippen molar-refractivity contribution in [3.63, 3.8) is 0 Å². The third kappa shape index (κ3) is 5.18. The summed E-state index contributed by atoms with van der Waals surface area (Å²) >= 11 is 0. The minimum atomic E-state index is -0.682. The van der Waals surface area contributed by atoms with Crippen molar-refractivity contribution in [3.05, 3.63) is 119 Å². The predicted octanol–water partition coefficient (Wildman–Crippen LogP) is 5.87. The van der Waals surface area contributed by atoms with Crippen molar-refractivity contribution < 1.29 is 18.7 Å². The van der Waals surface area contributed by atoms with Crippen molar-refractivity contribution in [2.75, 3.05) is 6.61 Å². The fourth-order valence-electron chi connectivity index (χ4n) is 4.51. The SMILES string of the molecule is CCOc1ccc(-c2nn(-c3ccccc3)cc2/C=C2/C(=O)N(Cc3ccc(F)cc3)C(=O)C(C#N)=C2C)cc1. The number of carbonyl (C=O) groups is 2. The molecular weight excluding hydrogens is 507 g/mol. The molecule has 2 heterocycles. The van der Waals surface area contributed by atoms with E-state index in [2.05, 4.69) is 0 Å². The summed E-state index contributed by atoms with van der Waals surface area (Å²) in [7, 11) is 0. The fraction of sp³-hybridized carbons (Fsp3) is 0.125. The molecular formula is C32H25FN4O3. The number of nitriles is 1. The van der Waals surface area contributed by atoms with Gasteiger partial charge in [0.15, 0.2) is 0 Å². The van der Waals surface area contributed by atoms with Crippen LogP contribution >= 0.6 is 0 Å². The van der Waals surface area contributed by atoms with Gasteiger partial charge in [0.1, 0.15) is 23.2 Å². The van der Waals surface area contributed by atoms with E-state index < -0.39 is 17.6 Å². The van der Waals surface area contributed by atoms with E-state index in [1.165, 1.54) is 24.3 Å². The van der Waals surface area contributed by atoms with Gasteiger partial charge in [-0.2, -0.15) is 10.4 Å². The number of para-hydroxylation sites is 1. The second-order valence-electron chi connectivity index (χ2n) is 9.16. The number of nitrogens with zero attached hydrogens (tertiary/aromatic N) is 4. The zero-order chi connectivity index (χ0) is 28.2. The molecule has 1 aliphatic heterocycles. The Morgan fingerprint density at radius 3 is 2.33 bits per heavy atom. The van der Waals surface area contributed by atoms with Crippen molar-refractivity contribution >= 4 is 17.9 Å². The van der Waals surface area contributed by atoms with E-state index in [9.17, 15) is 19.2 Å². The van der Waals surface area contributed by atoms with Crippen molar-refractivity contribution in [2.24, 2.45) is 0 Å². The molecule has 0 bridgehead atoms. The van der Waals surface area contributed by atoms with Gasteiger partial charge in [0.25, 0.3) is 11.8 Å². The van der Waals surface area contributed by atoms with E-state index in [0.717, 1.165) is 21.9 Å². The molecule has 0 unspecified atom stereocenters. The summed E-state index contributed by atoms with van der Waals surface area (Å²) in [6.07, 6.45) is 3.47. The predicted molar refractivity (Wildman–Crippen MR) is 148 cm³/mol. The van der Waals surface area contributed by atoms with Gasteiger partial charge in [-0.1, -0.05) is 30.3 Å². The lowest BCUT2D eigenvalue weighted by Crippen LogP contribution is -2.42. The van der Waals surface area contributed by atoms with Crippen molar-refractivity contribution in [1.29, 1.82) is 5.26 Å². The number of ether oxygens (including phenoxy) is 1. The Kier molecular flexibility index (Phi) is 7.38. The summed E-state index contributed by atoms with van der Waals surface area (Å²) in [6.45, 7) is 3.95. The average Bonchev–Trinajstić information content (AvgIpc) is 3.40. The highest BCUT2D eigenvalue weighted by atomic mass is 19.1. The van der Waals surface area contributed by atoms with Crippen LogP contribution in [0.15, 0.2) is 102 Å². The Hall–Kier alpha value is -5.29. The van der Waals surface area contributed by atoms with Gasteiger partial charge in [0, 0.05) is 22.9 Å². The molecule has 5 rings (SSSR count). The smallest absolute Gasteiger partial charge is 0.271 e. The monoisotopic (exact) mass is 532 g/mol. The van der Waals surface area contributed by atoms with Gasteiger partial charge in [-0.15, -0.1) is 0 Å². The number of halogens is 1. The fourth-order valence-corrected chi connectivity index (χ4v) is 4.51. The van der Waals surface area contributed by atoms with Gasteiger partial charge in [0.2, 0.25) is 0 Å². The maximum Gasteiger partial charge on any atom is 0.271 e. The molecule has 0 saturated carbocycles. The van der Waals surface area contributed by atoms with Gasteiger partial charge >= 0.3 is 0 Å². The Bertz CT molecular complexity index is 1680. The molecule has 0 fully saturated rings. The average molecular weight is 533 g/mol. The normalized spacial score (nSPS) is 14.6. The number of hydrogen-bond acceptors (Lipinski definition) is 5. The number of amides is 2. The summed E-state index contributed by atoms with van der Waals surface area (Å²) in [5, 5.41) is 14.6. The lowest BCUT2D eigenvalue weighted by Gasteiger charge is -2.27. The van der Waals surface area contributed by atoms with E-state index in [1.807, 2.05) is 73.8 Å². The Balaban J connectivity index is 1.62. The topological polar surface area (TPSA) is 88.2 Å². The summed E-state index contributed by atoms with van der Waals surface area (Å²) in [5.41, 5.74) is 3.81. The molecule has 198 valence electrons. The second-order valence-corrected chi connectivity index (χ2v) is 9.16. The molecule has 40 heavy (non-hydrogen) atoms. The molecule has 8 heteroatoms. The molecule has 1 aromatic heterocycles. The zero-order valence-corrected chi connectivity index (χ0v) is 22.0. The van der Waals surface area contributed by atoms with Crippen LogP contribution in [-0.2, 0) is 16.1 Å². The van der Waals surface area contributed by atoms with Crippen molar-refractivity contribution in [3.8, 4) is 28.8 Å². The standard InChI is InChI=1S/C32H25FN4O3/c1-3-40-27-15-11-23(12-16-27)30-24(20-37(35-30)26-7-5-4-6-8-26)17-28-21(2)29(18-34)32(39)36(31(28)38)19-22-9-13-25(33)14-10-22/h4-17,20H,3,19H2,1-2H3/b28-17+. The van der Waals surface area contributed by atoms with E-state index in [-0.39, 0.29) is 23.3 Å². The number of aromatic nitrogens is 2. The van der Waals surface area contributed by atoms with Crippen molar-refractivity contribution in [1.82, 2.24) is 14.7 Å². The van der Waals surface area contributed by atoms with Crippen LogP contribution in [0.3, 0.4) is 0 Å². The van der Waals surface area contributed by atoms with Crippen LogP contribution in [0.4, 0.5) is 4.39 Å². The number of hydrogen-bond donors (Lipinski definition) is 0. The Morgan fingerprint density at radius 1 is 0.975 bits per heavy atom. The van der Waals surface area contributed by atoms with Gasteiger partial charge in [-0.05, 0) is 79.6 Å². The summed E-state index contributed by atoms with van der Waals surface area (Å²) in [5.74, 6) is -0.927. The molecule has 0 N–H and O–H groups in total. The molecule has 7 nitrogen and oxygen atoms in total. The van der Waals surface area contributed by atoms with Crippen LogP contribution in [0.25, 0.3) is 23.0 Å². The van der Waals surface area contributed by atoms with Crippen molar-refractivity contribution in [2.45, 2.75) is 20.4 Å². The summed E-state index contributed by atoms with van der Waals surface area (Å²) < 4.78 is 20.7. The van der Waals surface area contributed by atoms with Gasteiger partial charge < -0.3 is 4.74 Å². The van der Waals surface area contributed by atoms with Crippen LogP contribution < -0.4 is 4.74 Å². The lowest BCUT2D eigenvalue weighted by molar-refractivity contribution is -0.141. The maximum absolute atomic E-state index is 13.7. The molecule has 3 aromatic carbocycles. The van der Waals surface area contributed by atoms with Gasteiger partial charge in [-0.25, -0.2) is 9.07 Å². The second kappa shape index (κ2) is 11.2. The molecule has 0 aliphatic carbocycles. The maximum atomic E-state index is 13.7. The van der Waals surface area contributed by atoms with Crippen LogP contribution in [0.5, 0.6) is 5.75 Å². The Labute approximate surface area is 231 Å². The molecule has 1 aliphatic rings. The first-order chi connectivity index (χ1) is 19.4. The molecule has 0 spiro atoms. The van der Waals surface area contributed by atoms with E-state index in [4.69, 9.17) is 9.84 Å². The summed E-state index contributed by atoms with van der Waals surface area (Å²) in [4.78, 5) is 27.8. The van der Waals surface area contributed by atoms with Crippen LogP contribution in [-0.4, -0.2) is 33.1 Å². The number of benzene rings is 3. The molecule has 0 atom stereocenters. The zero-order valence-electron chi connectivity index (χ0n) is 22.0. The Morgan fingerprint density at radius 2 is 1.68 bits per heavy atom. The van der Waals surface area contributed by atoms with Gasteiger partial charge in [-0.3, -0.25) is 14.5 Å². The van der Waals surface area contributed by atoms with Crippen LogP contribution in [0, 0.1) is 17.1 Å². The van der Waals surface area contributed by atoms with E-state index >= 15 is 0 Å². The van der Waals surface area contributed by atoms with Crippen LogP contribution in [0.2, 0.25) is 0 Å². The van der Waals surface area contributed by atoms with Crippen LogP contribution in [0.1, 0.15) is 25.0 Å². The number of imide groups is 1. The van der Waals surface area contributed by atoms with Gasteiger partial charge in [0.05, 0.1) is 24.5 Å². The summed E-state index contributed by atoms with van der Waals surface area (Å²) in [6, 6.07) is 24.5. The first kappa shape index (κ1) is 26.3. The molecule has 0 radical (unpaired) electrons. The van der Waals surface area contributed by atoms with E-state index in [0.29, 0.717) is 23.4 Å². The number of rotatable bonds is 7. The number of carbonyl (C=O) groups excluding carboxylic acids is 2. The largest absolute Gasteiger partial charge is 0.494 e. The molecule has 2 amide bonds. The quantitative estimate of drug-likeness (QED) is 0.219. The third-order valence-electron chi connectivity index (χ3n) is 6.58. The van der Waals surface area contributed by atoms with E-state index in [1.54, 1.807) is 17.7 Å².